The summed E-state index contributed by atoms with van der Waals surface area (Å²) in [4.78, 5) is 15.0. The molecule has 0 saturated carbocycles. The number of aromatic nitrogens is 2. The second-order valence-corrected chi connectivity index (χ2v) is 3.63. The van der Waals surface area contributed by atoms with Gasteiger partial charge in [-0.15, -0.1) is 0 Å². The number of aromatic carboxylic acids is 1. The molecule has 0 aliphatic carbocycles. The van der Waals surface area contributed by atoms with Gasteiger partial charge in [-0.2, -0.15) is 0 Å². The highest BCUT2D eigenvalue weighted by Gasteiger charge is 2.18. The lowest BCUT2D eigenvalue weighted by molar-refractivity contribution is 0.0693. The molecule has 0 radical (unpaired) electrons. The average Bonchev–Trinajstić information content (AvgIpc) is 2.56. The Morgan fingerprint density at radius 2 is 2.25 bits per heavy atom. The molecule has 6 nitrogen and oxygen atoms in total. The summed E-state index contributed by atoms with van der Waals surface area (Å²) < 4.78 is 1.61. The number of carboxylic acid groups (broad SMARTS) is 1. The topological polar surface area (TPSA) is 107 Å². The molecule has 2 aromatic heterocycles. The number of rotatable bonds is 2. The Labute approximate surface area is 91.5 Å². The zero-order valence-electron chi connectivity index (χ0n) is 8.71. The fraction of sp³-hybridized carbons (Fsp3) is 0.200. The molecule has 1 atom stereocenters. The number of nitrogen functional groups attached to an aromatic ring is 1. The Hall–Kier alpha value is -2.08. The van der Waals surface area contributed by atoms with Crippen LogP contribution in [0.4, 0.5) is 5.69 Å². The molecule has 2 aromatic rings. The van der Waals surface area contributed by atoms with Crippen LogP contribution in [0.1, 0.15) is 29.3 Å². The minimum Gasteiger partial charge on any atom is -0.476 e. The summed E-state index contributed by atoms with van der Waals surface area (Å²) in [6.45, 7) is 1.74. The first-order valence-electron chi connectivity index (χ1n) is 4.77. The summed E-state index contributed by atoms with van der Waals surface area (Å²) in [5, 5.41) is 9.00. The van der Waals surface area contributed by atoms with Gasteiger partial charge < -0.3 is 16.6 Å². The molecule has 6 heteroatoms. The number of nitrogens with two attached hydrogens (primary N) is 2. The van der Waals surface area contributed by atoms with Crippen molar-refractivity contribution in [1.82, 2.24) is 9.38 Å². The molecule has 84 valence electrons. The van der Waals surface area contributed by atoms with E-state index in [1.54, 1.807) is 29.7 Å². The molecule has 2 rings (SSSR count). The lowest BCUT2D eigenvalue weighted by Gasteiger charge is -2.04. The molecular formula is C10H12N4O2. The lowest BCUT2D eigenvalue weighted by atomic mass is 10.3. The highest BCUT2D eigenvalue weighted by molar-refractivity contribution is 5.93. The van der Waals surface area contributed by atoms with Gasteiger partial charge in [-0.1, -0.05) is 0 Å². The predicted octanol–water partition coefficient (Wildman–Crippen LogP) is 0.634. The molecular weight excluding hydrogens is 208 g/mol. The van der Waals surface area contributed by atoms with Gasteiger partial charge >= 0.3 is 5.97 Å². The first kappa shape index (κ1) is 10.4. The molecule has 0 spiro atoms. The fourth-order valence-electron chi connectivity index (χ4n) is 1.60. The molecule has 0 amide bonds. The van der Waals surface area contributed by atoms with Crippen molar-refractivity contribution in [2.45, 2.75) is 13.0 Å². The van der Waals surface area contributed by atoms with Crippen LogP contribution in [0.3, 0.4) is 0 Å². The first-order chi connectivity index (χ1) is 7.50. The molecule has 0 bridgehead atoms. The Kier molecular flexibility index (Phi) is 2.28. The molecule has 5 N–H and O–H groups in total. The minimum atomic E-state index is -1.07. The van der Waals surface area contributed by atoms with E-state index in [4.69, 9.17) is 16.6 Å². The zero-order chi connectivity index (χ0) is 11.9. The maximum atomic E-state index is 11.0. The number of hydrogen-bond acceptors (Lipinski definition) is 4. The zero-order valence-corrected chi connectivity index (χ0v) is 8.71. The summed E-state index contributed by atoms with van der Waals surface area (Å²) in [7, 11) is 0. The molecule has 1 unspecified atom stereocenters. The number of carbonyl (C=O) groups is 1. The number of anilines is 1. The van der Waals surface area contributed by atoms with Crippen molar-refractivity contribution in [2.24, 2.45) is 5.73 Å². The van der Waals surface area contributed by atoms with Crippen LogP contribution >= 0.6 is 0 Å². The van der Waals surface area contributed by atoms with E-state index in [1.165, 1.54) is 0 Å². The van der Waals surface area contributed by atoms with Crippen molar-refractivity contribution < 1.29 is 9.90 Å². The Bertz CT molecular complexity index is 559. The van der Waals surface area contributed by atoms with Crippen LogP contribution in [0.25, 0.3) is 5.52 Å². The first-order valence-corrected chi connectivity index (χ1v) is 4.77. The third-order valence-electron chi connectivity index (χ3n) is 2.30. The molecule has 0 aliphatic rings. The van der Waals surface area contributed by atoms with E-state index in [0.29, 0.717) is 17.0 Å². The quantitative estimate of drug-likeness (QED) is 0.688. The van der Waals surface area contributed by atoms with Crippen LogP contribution in [0.15, 0.2) is 18.3 Å². The maximum Gasteiger partial charge on any atom is 0.356 e. The van der Waals surface area contributed by atoms with E-state index in [1.807, 2.05) is 0 Å². The smallest absolute Gasteiger partial charge is 0.356 e. The van der Waals surface area contributed by atoms with Gasteiger partial charge in [0, 0.05) is 11.9 Å². The van der Waals surface area contributed by atoms with Gasteiger partial charge in [0.1, 0.15) is 5.82 Å². The number of imidazole rings is 1. The van der Waals surface area contributed by atoms with Gasteiger partial charge in [0.2, 0.25) is 0 Å². The van der Waals surface area contributed by atoms with E-state index in [9.17, 15) is 4.79 Å². The van der Waals surface area contributed by atoms with Crippen LogP contribution < -0.4 is 11.5 Å². The molecule has 2 heterocycles. The average molecular weight is 220 g/mol. The summed E-state index contributed by atoms with van der Waals surface area (Å²) in [5.41, 5.74) is 12.4. The van der Waals surface area contributed by atoms with E-state index >= 15 is 0 Å². The Balaban J connectivity index is 2.81. The van der Waals surface area contributed by atoms with Crippen LogP contribution in [0.2, 0.25) is 0 Å². The third kappa shape index (κ3) is 1.49. The van der Waals surface area contributed by atoms with Crippen LogP contribution in [0, 0.1) is 0 Å². The SMILES string of the molecule is CC(N)c1nc(C(=O)O)c2ccc(N)cn12. The Morgan fingerprint density at radius 1 is 1.56 bits per heavy atom. The molecule has 0 aromatic carbocycles. The summed E-state index contributed by atoms with van der Waals surface area (Å²) in [5.74, 6) is -0.589. The second kappa shape index (κ2) is 3.49. The van der Waals surface area contributed by atoms with Gasteiger partial charge in [0.05, 0.1) is 11.6 Å². The van der Waals surface area contributed by atoms with Gasteiger partial charge in [-0.3, -0.25) is 4.40 Å². The van der Waals surface area contributed by atoms with E-state index in [0.717, 1.165) is 0 Å². The molecule has 0 aliphatic heterocycles. The normalized spacial score (nSPS) is 12.9. The monoisotopic (exact) mass is 220 g/mol. The largest absolute Gasteiger partial charge is 0.476 e. The van der Waals surface area contributed by atoms with E-state index in [2.05, 4.69) is 4.98 Å². The van der Waals surface area contributed by atoms with Crippen molar-refractivity contribution in [3.8, 4) is 0 Å². The maximum absolute atomic E-state index is 11.0. The second-order valence-electron chi connectivity index (χ2n) is 3.63. The summed E-state index contributed by atoms with van der Waals surface area (Å²) in [6, 6.07) is 2.90. The molecule has 0 fully saturated rings. The van der Waals surface area contributed by atoms with Crippen molar-refractivity contribution in [2.75, 3.05) is 5.73 Å². The van der Waals surface area contributed by atoms with Crippen LogP contribution in [-0.4, -0.2) is 20.5 Å². The van der Waals surface area contributed by atoms with Crippen molar-refractivity contribution in [1.29, 1.82) is 0 Å². The van der Waals surface area contributed by atoms with Gasteiger partial charge in [-0.25, -0.2) is 9.78 Å². The Morgan fingerprint density at radius 3 is 2.81 bits per heavy atom. The minimum absolute atomic E-state index is 0.00713. The fourth-order valence-corrected chi connectivity index (χ4v) is 1.60. The number of nitrogens with zero attached hydrogens (tertiary/aromatic N) is 2. The number of carboxylic acids is 1. The summed E-state index contributed by atoms with van der Waals surface area (Å²) in [6.07, 6.45) is 1.62. The standard InChI is InChI=1S/C10H12N4O2/c1-5(11)9-13-8(10(15)16)7-3-2-6(12)4-14(7)9/h2-5H,11-12H2,1H3,(H,15,16). The van der Waals surface area contributed by atoms with Crippen LogP contribution in [0.5, 0.6) is 0 Å². The third-order valence-corrected chi connectivity index (χ3v) is 2.30. The highest BCUT2D eigenvalue weighted by atomic mass is 16.4. The highest BCUT2D eigenvalue weighted by Crippen LogP contribution is 2.19. The predicted molar refractivity (Wildman–Crippen MR) is 59.2 cm³/mol. The van der Waals surface area contributed by atoms with E-state index in [-0.39, 0.29) is 11.7 Å². The van der Waals surface area contributed by atoms with Crippen molar-refractivity contribution >= 4 is 17.2 Å². The molecule has 0 saturated heterocycles. The number of hydrogen-bond donors (Lipinski definition) is 3. The van der Waals surface area contributed by atoms with E-state index < -0.39 is 5.97 Å². The van der Waals surface area contributed by atoms with Crippen LogP contribution in [-0.2, 0) is 0 Å². The summed E-state index contributed by atoms with van der Waals surface area (Å²) >= 11 is 0. The lowest BCUT2D eigenvalue weighted by Crippen LogP contribution is -2.10. The van der Waals surface area contributed by atoms with Crippen molar-refractivity contribution in [3.05, 3.63) is 29.8 Å². The van der Waals surface area contributed by atoms with Gasteiger partial charge in [-0.05, 0) is 19.1 Å². The molecule has 16 heavy (non-hydrogen) atoms. The number of fused-ring (bicyclic) bond motifs is 1. The van der Waals surface area contributed by atoms with Crippen molar-refractivity contribution in [3.63, 3.8) is 0 Å². The van der Waals surface area contributed by atoms with Gasteiger partial charge in [0.25, 0.3) is 0 Å². The number of pyridine rings is 1. The van der Waals surface area contributed by atoms with Gasteiger partial charge in [0.15, 0.2) is 5.69 Å².